The molecule has 0 saturated carbocycles. The van der Waals surface area contributed by atoms with E-state index in [-0.39, 0.29) is 0 Å². The molecule has 0 heterocycles. The highest BCUT2D eigenvalue weighted by Crippen LogP contribution is 2.38. The van der Waals surface area contributed by atoms with Crippen molar-refractivity contribution in [1.82, 2.24) is 0 Å². The average Bonchev–Trinajstić information content (AvgIpc) is 2.16. The lowest BCUT2D eigenvalue weighted by atomic mass is 10.3. The Morgan fingerprint density at radius 2 is 1.93 bits per heavy atom. The van der Waals surface area contributed by atoms with Crippen LogP contribution in [-0.2, 0) is 9.09 Å². The molecule has 0 aliphatic rings. The van der Waals surface area contributed by atoms with Crippen LogP contribution in [0.2, 0.25) is 0 Å². The van der Waals surface area contributed by atoms with Crippen LogP contribution < -0.4 is 4.74 Å². The largest absolute Gasteiger partial charge is 0.472 e. The number of rotatable bonds is 5. The van der Waals surface area contributed by atoms with E-state index in [1.54, 1.807) is 31.2 Å². The first kappa shape index (κ1) is 12.2. The summed E-state index contributed by atoms with van der Waals surface area (Å²) in [5.41, 5.74) is 0. The first-order valence-corrected chi connectivity index (χ1v) is 6.00. The molecule has 1 aromatic rings. The monoisotopic (exact) mass is 232 g/mol. The number of phosphoric acid groups is 1. The van der Waals surface area contributed by atoms with Gasteiger partial charge in [0.2, 0.25) is 6.29 Å². The van der Waals surface area contributed by atoms with Crippen molar-refractivity contribution in [2.75, 3.05) is 0 Å². The van der Waals surface area contributed by atoms with Gasteiger partial charge in [-0.05, 0) is 12.1 Å². The SMILES string of the molecule is CCC(Oc1ccccc1)OP(=O)(O)O. The maximum absolute atomic E-state index is 10.6. The quantitative estimate of drug-likeness (QED) is 0.599. The normalized spacial score (nSPS) is 13.5. The lowest BCUT2D eigenvalue weighted by molar-refractivity contribution is -0.0177. The molecule has 0 spiro atoms. The third kappa shape index (κ3) is 4.95. The van der Waals surface area contributed by atoms with Crippen LogP contribution in [0, 0.1) is 0 Å². The number of hydrogen-bond acceptors (Lipinski definition) is 3. The summed E-state index contributed by atoms with van der Waals surface area (Å²) in [6, 6.07) is 8.72. The van der Waals surface area contributed by atoms with E-state index in [9.17, 15) is 4.57 Å². The summed E-state index contributed by atoms with van der Waals surface area (Å²) in [7, 11) is -4.50. The van der Waals surface area contributed by atoms with Crippen LogP contribution >= 0.6 is 7.82 Å². The molecule has 15 heavy (non-hydrogen) atoms. The van der Waals surface area contributed by atoms with E-state index >= 15 is 0 Å². The molecule has 1 rings (SSSR count). The maximum Gasteiger partial charge on any atom is 0.472 e. The average molecular weight is 232 g/mol. The van der Waals surface area contributed by atoms with E-state index < -0.39 is 14.1 Å². The molecule has 84 valence electrons. The predicted octanol–water partition coefficient (Wildman–Crippen LogP) is 1.91. The summed E-state index contributed by atoms with van der Waals surface area (Å²) in [5.74, 6) is 0.512. The van der Waals surface area contributed by atoms with Crippen LogP contribution in [0.5, 0.6) is 5.75 Å². The van der Waals surface area contributed by atoms with Crippen LogP contribution in [0.1, 0.15) is 13.3 Å². The van der Waals surface area contributed by atoms with Crippen LogP contribution in [0.4, 0.5) is 0 Å². The predicted molar refractivity (Wildman–Crippen MR) is 54.3 cm³/mol. The van der Waals surface area contributed by atoms with Gasteiger partial charge in [0.15, 0.2) is 0 Å². The molecular formula is C9H13O5P. The van der Waals surface area contributed by atoms with Crippen LogP contribution in [0.25, 0.3) is 0 Å². The van der Waals surface area contributed by atoms with E-state index in [1.165, 1.54) is 0 Å². The van der Waals surface area contributed by atoms with Gasteiger partial charge in [-0.25, -0.2) is 9.09 Å². The molecular weight excluding hydrogens is 219 g/mol. The van der Waals surface area contributed by atoms with Gasteiger partial charge < -0.3 is 14.5 Å². The smallest absolute Gasteiger partial charge is 0.464 e. The van der Waals surface area contributed by atoms with Crippen molar-refractivity contribution in [1.29, 1.82) is 0 Å². The molecule has 1 aromatic carbocycles. The van der Waals surface area contributed by atoms with Crippen molar-refractivity contribution >= 4 is 7.82 Å². The summed E-state index contributed by atoms with van der Waals surface area (Å²) >= 11 is 0. The van der Waals surface area contributed by atoms with Gasteiger partial charge in [0.25, 0.3) is 0 Å². The van der Waals surface area contributed by atoms with Gasteiger partial charge >= 0.3 is 7.82 Å². The molecule has 0 saturated heterocycles. The number of benzene rings is 1. The minimum Gasteiger partial charge on any atom is -0.464 e. The maximum atomic E-state index is 10.6. The van der Waals surface area contributed by atoms with Crippen LogP contribution in [-0.4, -0.2) is 16.1 Å². The van der Waals surface area contributed by atoms with Crippen molar-refractivity contribution in [3.05, 3.63) is 30.3 Å². The van der Waals surface area contributed by atoms with Gasteiger partial charge in [-0.1, -0.05) is 25.1 Å². The van der Waals surface area contributed by atoms with Gasteiger partial charge in [0, 0.05) is 6.42 Å². The van der Waals surface area contributed by atoms with E-state index in [2.05, 4.69) is 4.52 Å². The van der Waals surface area contributed by atoms with E-state index in [1.807, 2.05) is 6.07 Å². The number of para-hydroxylation sites is 1. The lowest BCUT2D eigenvalue weighted by Gasteiger charge is -2.17. The van der Waals surface area contributed by atoms with E-state index in [0.717, 1.165) is 0 Å². The second-order valence-corrected chi connectivity index (χ2v) is 4.06. The zero-order valence-corrected chi connectivity index (χ0v) is 9.13. The first-order chi connectivity index (χ1) is 7.01. The Labute approximate surface area is 87.9 Å². The van der Waals surface area contributed by atoms with Gasteiger partial charge in [0.1, 0.15) is 5.75 Å². The minimum atomic E-state index is -4.50. The lowest BCUT2D eigenvalue weighted by Crippen LogP contribution is -2.18. The van der Waals surface area contributed by atoms with Crippen LogP contribution in [0.3, 0.4) is 0 Å². The van der Waals surface area contributed by atoms with Crippen molar-refractivity contribution in [3.8, 4) is 5.75 Å². The van der Waals surface area contributed by atoms with Crippen molar-refractivity contribution < 1.29 is 23.6 Å². The minimum absolute atomic E-state index is 0.347. The second kappa shape index (κ2) is 5.28. The summed E-state index contributed by atoms with van der Waals surface area (Å²) < 4.78 is 20.2. The molecule has 0 aromatic heterocycles. The molecule has 0 fully saturated rings. The van der Waals surface area contributed by atoms with Gasteiger partial charge in [0.05, 0.1) is 0 Å². The molecule has 0 aliphatic heterocycles. The Morgan fingerprint density at radius 3 is 2.40 bits per heavy atom. The Balaban J connectivity index is 2.59. The molecule has 0 amide bonds. The standard InChI is InChI=1S/C9H13O5P/c1-2-9(14-15(10,11)12)13-8-6-4-3-5-7-8/h3-7,9H,2H2,1H3,(H2,10,11,12). The molecule has 0 aliphatic carbocycles. The van der Waals surface area contributed by atoms with E-state index in [4.69, 9.17) is 14.5 Å². The Bertz CT molecular complexity index is 334. The molecule has 1 unspecified atom stereocenters. The third-order valence-electron chi connectivity index (χ3n) is 1.60. The highest BCUT2D eigenvalue weighted by atomic mass is 31.2. The van der Waals surface area contributed by atoms with Gasteiger partial charge in [-0.2, -0.15) is 0 Å². The van der Waals surface area contributed by atoms with Crippen molar-refractivity contribution in [3.63, 3.8) is 0 Å². The second-order valence-electron chi connectivity index (χ2n) is 2.86. The fraction of sp³-hybridized carbons (Fsp3) is 0.333. The van der Waals surface area contributed by atoms with Gasteiger partial charge in [-0.3, -0.25) is 0 Å². The molecule has 0 bridgehead atoms. The highest BCUT2D eigenvalue weighted by Gasteiger charge is 2.22. The molecule has 2 N–H and O–H groups in total. The summed E-state index contributed by atoms with van der Waals surface area (Å²) in [6.07, 6.45) is -0.590. The third-order valence-corrected chi connectivity index (χ3v) is 2.11. The Morgan fingerprint density at radius 1 is 1.33 bits per heavy atom. The molecule has 1 atom stereocenters. The van der Waals surface area contributed by atoms with E-state index in [0.29, 0.717) is 12.2 Å². The van der Waals surface area contributed by atoms with Crippen molar-refractivity contribution in [2.45, 2.75) is 19.6 Å². The number of hydrogen-bond donors (Lipinski definition) is 2. The highest BCUT2D eigenvalue weighted by molar-refractivity contribution is 7.46. The molecule has 0 radical (unpaired) electrons. The van der Waals surface area contributed by atoms with Gasteiger partial charge in [-0.15, -0.1) is 0 Å². The summed E-state index contributed by atoms with van der Waals surface area (Å²) in [6.45, 7) is 1.71. The summed E-state index contributed by atoms with van der Waals surface area (Å²) in [5, 5.41) is 0. The Hall–Kier alpha value is -0.870. The molecule has 6 heteroatoms. The zero-order valence-electron chi connectivity index (χ0n) is 8.24. The first-order valence-electron chi connectivity index (χ1n) is 4.47. The zero-order chi connectivity index (χ0) is 11.3. The fourth-order valence-electron chi connectivity index (χ4n) is 0.983. The van der Waals surface area contributed by atoms with Crippen molar-refractivity contribution in [2.24, 2.45) is 0 Å². The Kier molecular flexibility index (Phi) is 4.29. The fourth-order valence-corrected chi connectivity index (χ4v) is 1.48. The topological polar surface area (TPSA) is 76.0 Å². The molecule has 5 nitrogen and oxygen atoms in total. The van der Waals surface area contributed by atoms with Crippen LogP contribution in [0.15, 0.2) is 30.3 Å². The number of phosphoric ester groups is 1. The number of ether oxygens (including phenoxy) is 1. The summed E-state index contributed by atoms with van der Waals surface area (Å²) in [4.78, 5) is 17.2.